The Labute approximate surface area is 187 Å². The number of methoxy groups -OCH3 is 3. The summed E-state index contributed by atoms with van der Waals surface area (Å²) in [6, 6.07) is 11.5. The van der Waals surface area contributed by atoms with Crippen molar-refractivity contribution < 1.29 is 23.7 Å². The van der Waals surface area contributed by atoms with E-state index < -0.39 is 5.54 Å². The van der Waals surface area contributed by atoms with Crippen LogP contribution in [0.3, 0.4) is 0 Å². The molecular formula is C24H29N3O5. The number of guanidine groups is 1. The molecule has 2 heterocycles. The van der Waals surface area contributed by atoms with Crippen LogP contribution in [0.4, 0.5) is 0 Å². The normalized spacial score (nSPS) is 21.9. The van der Waals surface area contributed by atoms with Crippen LogP contribution in [0.1, 0.15) is 24.8 Å². The second-order valence-corrected chi connectivity index (χ2v) is 8.09. The van der Waals surface area contributed by atoms with Crippen LogP contribution in [0.15, 0.2) is 41.4 Å². The molecule has 0 radical (unpaired) electrons. The minimum Gasteiger partial charge on any atom is -0.497 e. The highest BCUT2D eigenvalue weighted by molar-refractivity contribution is 6.07. The molecule has 8 heteroatoms. The molecule has 8 nitrogen and oxygen atoms in total. The van der Waals surface area contributed by atoms with Gasteiger partial charge in [-0.15, -0.1) is 0 Å². The lowest BCUT2D eigenvalue weighted by molar-refractivity contribution is -0.132. The molecule has 32 heavy (non-hydrogen) atoms. The van der Waals surface area contributed by atoms with E-state index in [2.05, 4.69) is 4.99 Å². The fourth-order valence-corrected chi connectivity index (χ4v) is 4.39. The molecule has 170 valence electrons. The van der Waals surface area contributed by atoms with Crippen LogP contribution in [0, 0.1) is 0 Å². The van der Waals surface area contributed by atoms with Crippen LogP contribution in [0.5, 0.6) is 17.2 Å². The van der Waals surface area contributed by atoms with E-state index >= 15 is 0 Å². The molecule has 2 aliphatic heterocycles. The van der Waals surface area contributed by atoms with E-state index in [9.17, 15) is 4.79 Å². The standard InChI is InChI=1S/C24H29N3O5/c1-27-22(28)24(26-23(27)25)14-17(6-5-9-29-2)32-21-8-7-15(12-20(21)24)16-10-18(30-3)13-19(11-16)31-4/h7-8,10-13,17H,5-6,9,14H2,1-4H3,(H2,25,26)/t17?,24-/m0/s1. The third-order valence-electron chi connectivity index (χ3n) is 6.11. The number of carbonyl (C=O) groups excluding carboxylic acids is 1. The Balaban J connectivity index is 1.80. The van der Waals surface area contributed by atoms with Gasteiger partial charge in [-0.05, 0) is 48.2 Å². The molecule has 2 aromatic rings. The average Bonchev–Trinajstić information content (AvgIpc) is 3.02. The number of likely N-dealkylation sites (N-methyl/N-ethyl adjacent to an activating group) is 1. The fourth-order valence-electron chi connectivity index (χ4n) is 4.39. The molecule has 0 saturated carbocycles. The zero-order valence-corrected chi connectivity index (χ0v) is 18.9. The molecule has 1 amide bonds. The number of benzene rings is 2. The van der Waals surface area contributed by atoms with Crippen molar-refractivity contribution in [2.24, 2.45) is 10.7 Å². The third-order valence-corrected chi connectivity index (χ3v) is 6.11. The largest absolute Gasteiger partial charge is 0.497 e. The Morgan fingerprint density at radius 1 is 1.12 bits per heavy atom. The van der Waals surface area contributed by atoms with E-state index in [0.29, 0.717) is 30.3 Å². The van der Waals surface area contributed by atoms with E-state index in [4.69, 9.17) is 24.7 Å². The second kappa shape index (κ2) is 8.70. The average molecular weight is 440 g/mol. The summed E-state index contributed by atoms with van der Waals surface area (Å²) < 4.78 is 22.3. The molecule has 2 aliphatic rings. The van der Waals surface area contributed by atoms with Gasteiger partial charge in [-0.25, -0.2) is 4.99 Å². The van der Waals surface area contributed by atoms with Crippen LogP contribution < -0.4 is 19.9 Å². The molecule has 1 unspecified atom stereocenters. The first-order valence-corrected chi connectivity index (χ1v) is 10.6. The van der Waals surface area contributed by atoms with Crippen molar-refractivity contribution in [1.82, 2.24) is 4.90 Å². The summed E-state index contributed by atoms with van der Waals surface area (Å²) in [6.45, 7) is 0.635. The van der Waals surface area contributed by atoms with E-state index in [1.165, 1.54) is 4.90 Å². The van der Waals surface area contributed by atoms with Gasteiger partial charge in [-0.2, -0.15) is 0 Å². The number of nitrogens with zero attached hydrogens (tertiary/aromatic N) is 2. The lowest BCUT2D eigenvalue weighted by atomic mass is 9.80. The minimum absolute atomic E-state index is 0.142. The first-order chi connectivity index (χ1) is 15.4. The van der Waals surface area contributed by atoms with Gasteiger partial charge in [-0.3, -0.25) is 9.69 Å². The van der Waals surface area contributed by atoms with Crippen molar-refractivity contribution in [2.45, 2.75) is 30.9 Å². The summed E-state index contributed by atoms with van der Waals surface area (Å²) in [5.41, 5.74) is 7.51. The van der Waals surface area contributed by atoms with E-state index in [0.717, 1.165) is 29.5 Å². The van der Waals surface area contributed by atoms with Crippen molar-refractivity contribution >= 4 is 11.9 Å². The number of ether oxygens (including phenoxy) is 4. The lowest BCUT2D eigenvalue weighted by Gasteiger charge is -2.37. The van der Waals surface area contributed by atoms with E-state index in [-0.39, 0.29) is 18.0 Å². The summed E-state index contributed by atoms with van der Waals surface area (Å²) in [5, 5.41) is 0. The summed E-state index contributed by atoms with van der Waals surface area (Å²) in [5.74, 6) is 2.08. The van der Waals surface area contributed by atoms with Crippen molar-refractivity contribution in [3.8, 4) is 28.4 Å². The fraction of sp³-hybridized carbons (Fsp3) is 0.417. The third kappa shape index (κ3) is 3.75. The Morgan fingerprint density at radius 3 is 2.44 bits per heavy atom. The molecular weight excluding hydrogens is 410 g/mol. The highest BCUT2D eigenvalue weighted by atomic mass is 16.5. The molecule has 0 saturated heterocycles. The van der Waals surface area contributed by atoms with Gasteiger partial charge in [0, 0.05) is 38.8 Å². The molecule has 0 aromatic heterocycles. The van der Waals surface area contributed by atoms with E-state index in [1.54, 1.807) is 28.4 Å². The lowest BCUT2D eigenvalue weighted by Crippen LogP contribution is -2.45. The number of amides is 1. The Bertz CT molecular complexity index is 1030. The van der Waals surface area contributed by atoms with Gasteiger partial charge in [0.15, 0.2) is 11.5 Å². The Morgan fingerprint density at radius 2 is 1.84 bits per heavy atom. The number of fused-ring (bicyclic) bond motifs is 2. The Kier molecular flexibility index (Phi) is 5.97. The highest BCUT2D eigenvalue weighted by Gasteiger charge is 2.53. The van der Waals surface area contributed by atoms with Gasteiger partial charge < -0.3 is 24.7 Å². The number of nitrogens with two attached hydrogens (primary N) is 1. The minimum atomic E-state index is -1.09. The molecule has 0 bridgehead atoms. The number of aliphatic imine (C=N–C) groups is 1. The number of rotatable bonds is 7. The first kappa shape index (κ1) is 22.0. The maximum Gasteiger partial charge on any atom is 0.261 e. The van der Waals surface area contributed by atoms with Crippen LogP contribution in [-0.4, -0.2) is 57.9 Å². The van der Waals surface area contributed by atoms with Crippen molar-refractivity contribution in [1.29, 1.82) is 0 Å². The molecule has 2 aromatic carbocycles. The van der Waals surface area contributed by atoms with Gasteiger partial charge in [0.2, 0.25) is 0 Å². The monoisotopic (exact) mass is 439 g/mol. The summed E-state index contributed by atoms with van der Waals surface area (Å²) in [6.07, 6.45) is 1.86. The zero-order chi connectivity index (χ0) is 22.9. The van der Waals surface area contributed by atoms with E-state index in [1.807, 2.05) is 36.4 Å². The van der Waals surface area contributed by atoms with Crippen LogP contribution in [0.2, 0.25) is 0 Å². The van der Waals surface area contributed by atoms with Gasteiger partial charge in [-0.1, -0.05) is 6.07 Å². The summed E-state index contributed by atoms with van der Waals surface area (Å²) in [7, 11) is 6.56. The maximum absolute atomic E-state index is 13.4. The quantitative estimate of drug-likeness (QED) is 0.667. The molecule has 1 spiro atoms. The van der Waals surface area contributed by atoms with Gasteiger partial charge in [0.1, 0.15) is 23.4 Å². The van der Waals surface area contributed by atoms with Crippen molar-refractivity contribution in [2.75, 3.05) is 35.0 Å². The predicted octanol–water partition coefficient (Wildman–Crippen LogP) is 2.93. The second-order valence-electron chi connectivity index (χ2n) is 8.09. The number of carbonyl (C=O) groups is 1. The maximum atomic E-state index is 13.4. The summed E-state index contributed by atoms with van der Waals surface area (Å²) in [4.78, 5) is 19.5. The molecule has 0 aliphatic carbocycles. The van der Waals surface area contributed by atoms with Crippen LogP contribution in [0.25, 0.3) is 11.1 Å². The molecule has 4 rings (SSSR count). The molecule has 0 fully saturated rings. The van der Waals surface area contributed by atoms with Crippen LogP contribution >= 0.6 is 0 Å². The van der Waals surface area contributed by atoms with Crippen LogP contribution in [-0.2, 0) is 15.1 Å². The molecule has 2 N–H and O–H groups in total. The van der Waals surface area contributed by atoms with Gasteiger partial charge >= 0.3 is 0 Å². The smallest absolute Gasteiger partial charge is 0.261 e. The Hall–Kier alpha value is -3.26. The van der Waals surface area contributed by atoms with Gasteiger partial charge in [0.25, 0.3) is 5.91 Å². The SMILES string of the molecule is COCCCC1C[C@]2(N=C(N)N(C)C2=O)c2cc(-c3cc(OC)cc(OC)c3)ccc2O1. The highest BCUT2D eigenvalue weighted by Crippen LogP contribution is 2.48. The molecule has 2 atom stereocenters. The topological polar surface area (TPSA) is 95.6 Å². The first-order valence-electron chi connectivity index (χ1n) is 10.6. The predicted molar refractivity (Wildman–Crippen MR) is 121 cm³/mol. The number of hydrogen-bond donors (Lipinski definition) is 1. The summed E-state index contributed by atoms with van der Waals surface area (Å²) >= 11 is 0. The number of hydrogen-bond acceptors (Lipinski definition) is 7. The van der Waals surface area contributed by atoms with Crippen molar-refractivity contribution in [3.63, 3.8) is 0 Å². The van der Waals surface area contributed by atoms with Gasteiger partial charge in [0.05, 0.1) is 14.2 Å². The zero-order valence-electron chi connectivity index (χ0n) is 18.9. The van der Waals surface area contributed by atoms with Crippen molar-refractivity contribution in [3.05, 3.63) is 42.0 Å².